The molecule has 29 heavy (non-hydrogen) atoms. The van der Waals surface area contributed by atoms with Crippen molar-refractivity contribution in [3.8, 4) is 5.75 Å². The fraction of sp³-hybridized carbons (Fsp3) is 0.348. The Morgan fingerprint density at radius 2 is 2.10 bits per heavy atom. The molecule has 0 bridgehead atoms. The molecular formula is C23H27N5O. The number of methoxy groups -OCH3 is 1. The molecule has 6 nitrogen and oxygen atoms in total. The molecule has 0 unspecified atom stereocenters. The van der Waals surface area contributed by atoms with Crippen LogP contribution >= 0.6 is 0 Å². The lowest BCUT2D eigenvalue weighted by Gasteiger charge is -2.33. The first-order chi connectivity index (χ1) is 14.2. The van der Waals surface area contributed by atoms with E-state index in [0.717, 1.165) is 43.3 Å². The highest BCUT2D eigenvalue weighted by molar-refractivity contribution is 5.50. The van der Waals surface area contributed by atoms with Crippen molar-refractivity contribution in [2.75, 3.05) is 25.5 Å². The molecule has 2 aromatic heterocycles. The average molecular weight is 390 g/mol. The number of anilines is 2. The smallest absolute Gasteiger partial charge is 0.150 e. The van der Waals surface area contributed by atoms with Crippen molar-refractivity contribution in [2.24, 2.45) is 0 Å². The highest BCUT2D eigenvalue weighted by Crippen LogP contribution is 2.29. The van der Waals surface area contributed by atoms with Crippen molar-refractivity contribution in [1.29, 1.82) is 0 Å². The van der Waals surface area contributed by atoms with Crippen molar-refractivity contribution in [2.45, 2.75) is 32.2 Å². The van der Waals surface area contributed by atoms with E-state index in [9.17, 15) is 0 Å². The first-order valence-corrected chi connectivity index (χ1v) is 10.1. The Kier molecular flexibility index (Phi) is 6.00. The number of pyridine rings is 1. The summed E-state index contributed by atoms with van der Waals surface area (Å²) in [5.41, 5.74) is 3.59. The molecule has 0 saturated carbocycles. The van der Waals surface area contributed by atoms with Crippen LogP contribution in [0.5, 0.6) is 5.75 Å². The third-order valence-electron chi connectivity index (χ3n) is 5.35. The van der Waals surface area contributed by atoms with Gasteiger partial charge in [0.1, 0.15) is 17.4 Å². The maximum absolute atomic E-state index is 5.59. The van der Waals surface area contributed by atoms with Crippen LogP contribution in [0.4, 0.5) is 11.6 Å². The number of likely N-dealkylation sites (tertiary alicyclic amines) is 1. The molecule has 0 spiro atoms. The Morgan fingerprint density at radius 1 is 1.17 bits per heavy atom. The highest BCUT2D eigenvalue weighted by Gasteiger charge is 2.23. The summed E-state index contributed by atoms with van der Waals surface area (Å²) in [7, 11) is 1.75. The van der Waals surface area contributed by atoms with Gasteiger partial charge >= 0.3 is 0 Å². The van der Waals surface area contributed by atoms with Gasteiger partial charge in [-0.25, -0.2) is 9.97 Å². The topological polar surface area (TPSA) is 63.2 Å². The van der Waals surface area contributed by atoms with Crippen LogP contribution in [0.1, 0.15) is 35.6 Å². The Morgan fingerprint density at radius 3 is 2.93 bits per heavy atom. The maximum atomic E-state index is 5.59. The van der Waals surface area contributed by atoms with Gasteiger partial charge in [-0.3, -0.25) is 9.88 Å². The first-order valence-electron chi connectivity index (χ1n) is 10.1. The molecule has 0 aliphatic carbocycles. The summed E-state index contributed by atoms with van der Waals surface area (Å²) in [5.74, 6) is 2.90. The van der Waals surface area contributed by atoms with Crippen molar-refractivity contribution < 1.29 is 4.74 Å². The molecule has 3 heterocycles. The first kappa shape index (κ1) is 19.3. The summed E-state index contributed by atoms with van der Waals surface area (Å²) in [5, 5.41) is 3.24. The fourth-order valence-corrected chi connectivity index (χ4v) is 3.91. The number of rotatable bonds is 6. The number of aryl methyl sites for hydroxylation is 1. The van der Waals surface area contributed by atoms with Crippen LogP contribution in [-0.2, 0) is 6.54 Å². The van der Waals surface area contributed by atoms with E-state index in [-0.39, 0.29) is 0 Å². The molecule has 1 fully saturated rings. The standard InChI is InChI=1S/C23H27N5O/c1-17-8-9-19(21(13-17)29-2)16-28-12-4-5-18(15-28)20-6-3-7-22(26-20)27-23-14-24-10-11-25-23/h3,6-11,13-14,18H,4-5,12,15-16H2,1-2H3,(H,25,26,27)/t18-/m1/s1. The van der Waals surface area contributed by atoms with Gasteiger partial charge in [-0.2, -0.15) is 0 Å². The normalized spacial score (nSPS) is 17.1. The fourth-order valence-electron chi connectivity index (χ4n) is 3.91. The van der Waals surface area contributed by atoms with Gasteiger partial charge in [-0.05, 0) is 50.1 Å². The molecule has 1 saturated heterocycles. The minimum Gasteiger partial charge on any atom is -0.496 e. The van der Waals surface area contributed by atoms with Crippen LogP contribution in [0.2, 0.25) is 0 Å². The van der Waals surface area contributed by atoms with Crippen molar-refractivity contribution in [3.63, 3.8) is 0 Å². The number of hydrogen-bond donors (Lipinski definition) is 1. The number of benzene rings is 1. The van der Waals surface area contributed by atoms with E-state index < -0.39 is 0 Å². The third kappa shape index (κ3) is 4.90. The number of aromatic nitrogens is 3. The van der Waals surface area contributed by atoms with Gasteiger partial charge < -0.3 is 10.1 Å². The number of piperidine rings is 1. The lowest BCUT2D eigenvalue weighted by atomic mass is 9.94. The third-order valence-corrected chi connectivity index (χ3v) is 5.35. The van der Waals surface area contributed by atoms with E-state index in [4.69, 9.17) is 9.72 Å². The molecule has 0 radical (unpaired) electrons. The largest absolute Gasteiger partial charge is 0.496 e. The van der Waals surface area contributed by atoms with Gasteiger partial charge in [0.2, 0.25) is 0 Å². The van der Waals surface area contributed by atoms with Crippen LogP contribution in [0.25, 0.3) is 0 Å². The molecule has 1 atom stereocenters. The second-order valence-electron chi connectivity index (χ2n) is 7.55. The van der Waals surface area contributed by atoms with Gasteiger partial charge in [-0.1, -0.05) is 18.2 Å². The quantitative estimate of drug-likeness (QED) is 0.678. The molecule has 1 aliphatic rings. The van der Waals surface area contributed by atoms with E-state index in [1.807, 2.05) is 6.07 Å². The van der Waals surface area contributed by atoms with Gasteiger partial charge in [-0.15, -0.1) is 0 Å². The zero-order chi connectivity index (χ0) is 20.1. The minimum absolute atomic E-state index is 0.420. The molecule has 1 aliphatic heterocycles. The van der Waals surface area contributed by atoms with Gasteiger partial charge in [0.25, 0.3) is 0 Å². The Labute approximate surface area is 172 Å². The molecular weight excluding hydrogens is 362 g/mol. The van der Waals surface area contributed by atoms with E-state index in [0.29, 0.717) is 11.7 Å². The summed E-state index contributed by atoms with van der Waals surface area (Å²) in [4.78, 5) is 15.7. The summed E-state index contributed by atoms with van der Waals surface area (Å²) < 4.78 is 5.59. The predicted octanol–water partition coefficient (Wildman–Crippen LogP) is 4.31. The van der Waals surface area contributed by atoms with E-state index in [1.54, 1.807) is 25.7 Å². The summed E-state index contributed by atoms with van der Waals surface area (Å²) >= 11 is 0. The number of hydrogen-bond acceptors (Lipinski definition) is 6. The van der Waals surface area contributed by atoms with Gasteiger partial charge in [0.05, 0.1) is 13.3 Å². The molecule has 1 aromatic carbocycles. The summed E-state index contributed by atoms with van der Waals surface area (Å²) in [6, 6.07) is 12.6. The van der Waals surface area contributed by atoms with Gasteiger partial charge in [0.15, 0.2) is 0 Å². The Bertz CT molecular complexity index is 947. The molecule has 6 heteroatoms. The Hall–Kier alpha value is -2.99. The van der Waals surface area contributed by atoms with Crippen molar-refractivity contribution >= 4 is 11.6 Å². The lowest BCUT2D eigenvalue weighted by Crippen LogP contribution is -2.34. The molecule has 150 valence electrons. The second-order valence-corrected chi connectivity index (χ2v) is 7.55. The highest BCUT2D eigenvalue weighted by atomic mass is 16.5. The SMILES string of the molecule is COc1cc(C)ccc1CN1CCC[C@@H](c2cccc(Nc3cnccn3)n2)C1. The lowest BCUT2D eigenvalue weighted by molar-refractivity contribution is 0.196. The van der Waals surface area contributed by atoms with Crippen LogP contribution in [0, 0.1) is 6.92 Å². The Balaban J connectivity index is 1.45. The molecule has 1 N–H and O–H groups in total. The molecule has 0 amide bonds. The monoisotopic (exact) mass is 389 g/mol. The van der Waals surface area contributed by atoms with Crippen LogP contribution in [0.15, 0.2) is 55.0 Å². The molecule has 4 rings (SSSR count). The zero-order valence-electron chi connectivity index (χ0n) is 17.0. The number of nitrogens with one attached hydrogen (secondary N) is 1. The van der Waals surface area contributed by atoms with Crippen LogP contribution in [-0.4, -0.2) is 40.1 Å². The number of nitrogens with zero attached hydrogens (tertiary/aromatic N) is 4. The van der Waals surface area contributed by atoms with E-state index >= 15 is 0 Å². The predicted molar refractivity (Wildman–Crippen MR) is 115 cm³/mol. The molecule has 3 aromatic rings. The minimum atomic E-state index is 0.420. The van der Waals surface area contributed by atoms with E-state index in [2.05, 4.69) is 57.4 Å². The zero-order valence-corrected chi connectivity index (χ0v) is 17.0. The van der Waals surface area contributed by atoms with Crippen LogP contribution < -0.4 is 10.1 Å². The number of ether oxygens (including phenoxy) is 1. The summed E-state index contributed by atoms with van der Waals surface area (Å²) in [6.45, 7) is 5.10. The average Bonchev–Trinajstić information content (AvgIpc) is 2.76. The van der Waals surface area contributed by atoms with Crippen molar-refractivity contribution in [1.82, 2.24) is 19.9 Å². The van der Waals surface area contributed by atoms with Gasteiger partial charge in [0, 0.05) is 42.7 Å². The van der Waals surface area contributed by atoms with Crippen molar-refractivity contribution in [3.05, 3.63) is 71.8 Å². The second kappa shape index (κ2) is 9.01. The maximum Gasteiger partial charge on any atom is 0.150 e. The van der Waals surface area contributed by atoms with Crippen LogP contribution in [0.3, 0.4) is 0 Å². The van der Waals surface area contributed by atoms with E-state index in [1.165, 1.54) is 17.5 Å². The summed E-state index contributed by atoms with van der Waals surface area (Å²) in [6.07, 6.45) is 7.36.